The van der Waals surface area contributed by atoms with Crippen LogP contribution in [0.5, 0.6) is 0 Å². The number of nitrogens with one attached hydrogen (secondary N) is 1. The molecule has 0 bridgehead atoms. The smallest absolute Gasteiger partial charge is 0.280 e. The number of sulfonamides is 1. The first-order valence-corrected chi connectivity index (χ1v) is 24.2. The van der Waals surface area contributed by atoms with Crippen molar-refractivity contribution in [2.24, 2.45) is 5.92 Å². The molecule has 3 heterocycles. The number of hydrogen-bond acceptors (Lipinski definition) is 7. The monoisotopic (exact) mass is 912 g/mol. The van der Waals surface area contributed by atoms with Crippen LogP contribution in [0.1, 0.15) is 99.5 Å². The van der Waals surface area contributed by atoms with E-state index in [1.807, 2.05) is 72.5 Å². The number of aryl methyl sites for hydroxylation is 1. The van der Waals surface area contributed by atoms with Crippen LogP contribution in [0.2, 0.25) is 5.02 Å². The summed E-state index contributed by atoms with van der Waals surface area (Å²) < 4.78 is 30.7. The number of nitrogens with zero attached hydrogens (tertiary/aromatic N) is 5. The summed E-state index contributed by atoms with van der Waals surface area (Å²) in [7, 11) is -4.31. The SMILES string of the molecule is CCCCN(C(=O)c1nn(-c2ccc(C(=O)NS(=O)(=O)c3ccc4ccccc4c3)cc2C(=O)N2CCc3ccccc3C2)c(C)c1Cl)c1ccc(CCC(=O)N2CCC(C)CC2)cc1. The number of hydrogen-bond donors (Lipinski definition) is 1. The van der Waals surface area contributed by atoms with Gasteiger partial charge in [0, 0.05) is 50.4 Å². The quantitative estimate of drug-likeness (QED) is 0.122. The lowest BCUT2D eigenvalue weighted by atomic mass is 9.98. The summed E-state index contributed by atoms with van der Waals surface area (Å²) in [6.45, 7) is 8.70. The highest BCUT2D eigenvalue weighted by molar-refractivity contribution is 7.90. The molecule has 4 amide bonds. The van der Waals surface area contributed by atoms with Crippen molar-refractivity contribution in [1.29, 1.82) is 0 Å². The normalized spacial score (nSPS) is 14.3. The van der Waals surface area contributed by atoms with E-state index < -0.39 is 27.7 Å². The molecule has 0 saturated carbocycles. The van der Waals surface area contributed by atoms with Crippen LogP contribution in [0.4, 0.5) is 5.69 Å². The average Bonchev–Trinajstić information content (AvgIpc) is 3.62. The zero-order chi connectivity index (χ0) is 45.8. The molecule has 0 atom stereocenters. The standard InChI is InChI=1S/C51H53ClN6O6S/c1-4-5-27-57(42-19-14-36(15-20-42)16-23-46(59)55-28-24-34(2)25-29-55)51(62)48-47(52)35(3)58(53-48)45-22-18-40(32-44(45)50(61)56-30-26-38-11-7-9-13-41(38)33-56)49(60)54-65(63,64)43-21-17-37-10-6-8-12-39(37)31-43/h6-15,17-22,31-32,34H,4-5,16,23-30,33H2,1-3H3,(H,54,60). The highest BCUT2D eigenvalue weighted by Gasteiger charge is 2.31. The molecule has 14 heteroatoms. The number of unbranched alkanes of at least 4 members (excludes halogenated alkanes) is 1. The molecular formula is C51H53ClN6O6S. The van der Waals surface area contributed by atoms with Gasteiger partial charge in [-0.3, -0.25) is 19.2 Å². The van der Waals surface area contributed by atoms with Gasteiger partial charge in [-0.2, -0.15) is 5.10 Å². The Labute approximate surface area is 385 Å². The first kappa shape index (κ1) is 45.3. The molecule has 0 aliphatic carbocycles. The van der Waals surface area contributed by atoms with Crippen LogP contribution in [0.15, 0.2) is 114 Å². The van der Waals surface area contributed by atoms with Crippen LogP contribution in [-0.4, -0.2) is 77.8 Å². The zero-order valence-corrected chi connectivity index (χ0v) is 38.5. The summed E-state index contributed by atoms with van der Waals surface area (Å²) >= 11 is 6.99. The molecular weight excluding hydrogens is 860 g/mol. The van der Waals surface area contributed by atoms with Gasteiger partial charge in [-0.1, -0.05) is 98.6 Å². The Bertz CT molecular complexity index is 2890. The van der Waals surface area contributed by atoms with Gasteiger partial charge in [-0.15, -0.1) is 0 Å². The van der Waals surface area contributed by atoms with Gasteiger partial charge < -0.3 is 14.7 Å². The van der Waals surface area contributed by atoms with Crippen LogP contribution in [-0.2, 0) is 34.2 Å². The Hall–Kier alpha value is -6.31. The summed E-state index contributed by atoms with van der Waals surface area (Å²) in [5.74, 6) is -0.947. The molecule has 8 rings (SSSR count). The van der Waals surface area contributed by atoms with Gasteiger partial charge >= 0.3 is 0 Å². The molecule has 0 radical (unpaired) electrons. The number of halogens is 1. The lowest BCUT2D eigenvalue weighted by Crippen LogP contribution is -2.38. The van der Waals surface area contributed by atoms with Gasteiger partial charge in [-0.25, -0.2) is 17.8 Å². The highest BCUT2D eigenvalue weighted by Crippen LogP contribution is 2.31. The van der Waals surface area contributed by atoms with Crippen molar-refractivity contribution >= 4 is 61.7 Å². The second-order valence-electron chi connectivity index (χ2n) is 17.1. The first-order valence-electron chi connectivity index (χ1n) is 22.3. The third kappa shape index (κ3) is 9.86. The molecule has 12 nitrogen and oxygen atoms in total. The fraction of sp³-hybridized carbons (Fsp3) is 0.314. The van der Waals surface area contributed by atoms with Crippen LogP contribution in [0.3, 0.4) is 0 Å². The number of benzene rings is 5. The maximum Gasteiger partial charge on any atom is 0.280 e. The van der Waals surface area contributed by atoms with E-state index in [0.29, 0.717) is 68.0 Å². The largest absolute Gasteiger partial charge is 0.343 e. The Morgan fingerprint density at radius 3 is 2.28 bits per heavy atom. The number of aromatic nitrogens is 2. The van der Waals surface area contributed by atoms with Gasteiger partial charge in [-0.05, 0) is 115 Å². The van der Waals surface area contributed by atoms with E-state index >= 15 is 0 Å². The van der Waals surface area contributed by atoms with Gasteiger partial charge in [0.15, 0.2) is 5.69 Å². The Kier molecular flexibility index (Phi) is 13.5. The second kappa shape index (κ2) is 19.4. The summed E-state index contributed by atoms with van der Waals surface area (Å²) in [5, 5.41) is 6.41. The number of carbonyl (C=O) groups is 4. The second-order valence-corrected chi connectivity index (χ2v) is 19.2. The van der Waals surface area contributed by atoms with E-state index in [1.165, 1.54) is 35.0 Å². The predicted molar refractivity (Wildman–Crippen MR) is 253 cm³/mol. The van der Waals surface area contributed by atoms with Crippen molar-refractivity contribution in [3.63, 3.8) is 0 Å². The minimum atomic E-state index is -4.31. The van der Waals surface area contributed by atoms with E-state index in [0.717, 1.165) is 54.4 Å². The van der Waals surface area contributed by atoms with Crippen LogP contribution in [0.25, 0.3) is 16.5 Å². The third-order valence-electron chi connectivity index (χ3n) is 12.6. The lowest BCUT2D eigenvalue weighted by Gasteiger charge is -2.30. The van der Waals surface area contributed by atoms with Crippen LogP contribution in [0, 0.1) is 12.8 Å². The van der Waals surface area contributed by atoms with E-state index in [1.54, 1.807) is 34.9 Å². The Morgan fingerprint density at radius 1 is 0.831 bits per heavy atom. The first-order chi connectivity index (χ1) is 31.3. The van der Waals surface area contributed by atoms with E-state index in [9.17, 15) is 27.6 Å². The molecule has 5 aromatic carbocycles. The summed E-state index contributed by atoms with van der Waals surface area (Å²) in [5.41, 5.74) is 4.44. The molecule has 2 aliphatic heterocycles. The number of anilines is 1. The molecule has 65 heavy (non-hydrogen) atoms. The minimum absolute atomic E-state index is 0.0145. The molecule has 1 aromatic heterocycles. The van der Waals surface area contributed by atoms with Gasteiger partial charge in [0.25, 0.3) is 27.7 Å². The maximum absolute atomic E-state index is 14.7. The number of rotatable bonds is 13. The number of piperidine rings is 1. The molecule has 1 N–H and O–H groups in total. The topological polar surface area (TPSA) is 142 Å². The minimum Gasteiger partial charge on any atom is -0.343 e. The molecule has 0 unspecified atom stereocenters. The Balaban J connectivity index is 1.08. The van der Waals surface area contributed by atoms with Crippen molar-refractivity contribution < 1.29 is 27.6 Å². The highest BCUT2D eigenvalue weighted by atomic mass is 35.5. The van der Waals surface area contributed by atoms with Gasteiger partial charge in [0.1, 0.15) is 0 Å². The van der Waals surface area contributed by atoms with Crippen molar-refractivity contribution in [2.75, 3.05) is 31.1 Å². The van der Waals surface area contributed by atoms with Gasteiger partial charge in [0.05, 0.1) is 26.9 Å². The van der Waals surface area contributed by atoms with E-state index in [-0.39, 0.29) is 38.3 Å². The van der Waals surface area contributed by atoms with E-state index in [4.69, 9.17) is 16.7 Å². The molecule has 2 aliphatic rings. The van der Waals surface area contributed by atoms with Crippen LogP contribution >= 0.6 is 11.6 Å². The van der Waals surface area contributed by atoms with Gasteiger partial charge in [0.2, 0.25) is 5.91 Å². The molecule has 1 fully saturated rings. The van der Waals surface area contributed by atoms with Crippen molar-refractivity contribution in [3.05, 3.63) is 153 Å². The summed E-state index contributed by atoms with van der Waals surface area (Å²) in [4.78, 5) is 61.2. The van der Waals surface area contributed by atoms with Crippen LogP contribution < -0.4 is 9.62 Å². The fourth-order valence-electron chi connectivity index (χ4n) is 8.60. The zero-order valence-electron chi connectivity index (χ0n) is 36.9. The van der Waals surface area contributed by atoms with Crippen molar-refractivity contribution in [2.45, 2.75) is 77.2 Å². The molecule has 6 aromatic rings. The number of carbonyl (C=O) groups excluding carboxylic acids is 4. The summed E-state index contributed by atoms with van der Waals surface area (Å²) in [6.07, 6.45) is 5.24. The molecule has 1 saturated heterocycles. The number of fused-ring (bicyclic) bond motifs is 2. The maximum atomic E-state index is 14.7. The van der Waals surface area contributed by atoms with Crippen molar-refractivity contribution in [3.8, 4) is 5.69 Å². The summed E-state index contributed by atoms with van der Waals surface area (Å²) in [6, 6.07) is 31.8. The van der Waals surface area contributed by atoms with Crippen molar-refractivity contribution in [1.82, 2.24) is 24.3 Å². The molecule has 336 valence electrons. The third-order valence-corrected chi connectivity index (χ3v) is 14.4. The molecule has 0 spiro atoms. The predicted octanol–water partition coefficient (Wildman–Crippen LogP) is 8.94. The average molecular weight is 914 g/mol. The van der Waals surface area contributed by atoms with E-state index in [2.05, 4.69) is 11.6 Å². The number of amides is 4. The lowest BCUT2D eigenvalue weighted by molar-refractivity contribution is -0.132. The fourth-order valence-corrected chi connectivity index (χ4v) is 9.81. The number of likely N-dealkylation sites (tertiary alicyclic amines) is 1. The Morgan fingerprint density at radius 2 is 1.54 bits per heavy atom.